The van der Waals surface area contributed by atoms with Crippen molar-refractivity contribution in [2.45, 2.75) is 78.6 Å². The van der Waals surface area contributed by atoms with Crippen molar-refractivity contribution in [2.75, 3.05) is 0 Å². The van der Waals surface area contributed by atoms with E-state index < -0.39 is 0 Å². The van der Waals surface area contributed by atoms with Gasteiger partial charge in [-0.2, -0.15) is 0 Å². The SMILES string of the molecule is CCC(C)c1ccc(-c2ccccn2)c(O)c1.CCC(C)c1ccc(-c2ccccn2)c(O)c1.CCC(C)c1ccc(-c2ccccn2)c(O)c1.[Rh]. The van der Waals surface area contributed by atoms with E-state index in [4.69, 9.17) is 0 Å². The molecule has 3 atom stereocenters. The minimum atomic E-state index is 0. The molecule has 7 heteroatoms. The molecule has 0 aliphatic rings. The normalized spacial score (nSPS) is 12.1. The summed E-state index contributed by atoms with van der Waals surface area (Å²) < 4.78 is 0. The van der Waals surface area contributed by atoms with Crippen LogP contribution >= 0.6 is 0 Å². The van der Waals surface area contributed by atoms with E-state index in [1.165, 1.54) is 16.7 Å². The van der Waals surface area contributed by atoms with Crippen LogP contribution in [0.4, 0.5) is 0 Å². The summed E-state index contributed by atoms with van der Waals surface area (Å²) in [5.74, 6) is 2.33. The largest absolute Gasteiger partial charge is 0.507 e. The van der Waals surface area contributed by atoms with Crippen molar-refractivity contribution >= 4 is 0 Å². The van der Waals surface area contributed by atoms with Gasteiger partial charge in [-0.15, -0.1) is 0 Å². The molecule has 6 rings (SSSR count). The monoisotopic (exact) mass is 784 g/mol. The van der Waals surface area contributed by atoms with Gasteiger partial charge in [0, 0.05) is 54.8 Å². The minimum absolute atomic E-state index is 0. The Morgan fingerprint density at radius 2 is 0.692 bits per heavy atom. The molecule has 0 aliphatic carbocycles. The molecule has 3 aromatic heterocycles. The Morgan fingerprint density at radius 3 is 0.885 bits per heavy atom. The second-order valence-corrected chi connectivity index (χ2v) is 12.9. The van der Waals surface area contributed by atoms with Gasteiger partial charge in [0.1, 0.15) is 17.2 Å². The molecule has 0 spiro atoms. The van der Waals surface area contributed by atoms with E-state index in [0.717, 1.165) is 53.0 Å². The molecule has 3 heterocycles. The first kappa shape index (κ1) is 41.6. The van der Waals surface area contributed by atoms with Crippen LogP contribution in [-0.2, 0) is 19.5 Å². The molecule has 52 heavy (non-hydrogen) atoms. The zero-order valence-corrected chi connectivity index (χ0v) is 32.6. The quantitative estimate of drug-likeness (QED) is 0.126. The van der Waals surface area contributed by atoms with Gasteiger partial charge in [0.25, 0.3) is 0 Å². The van der Waals surface area contributed by atoms with Gasteiger partial charge in [0.15, 0.2) is 0 Å². The van der Waals surface area contributed by atoms with Gasteiger partial charge in [-0.1, -0.05) is 77.9 Å². The van der Waals surface area contributed by atoms with Gasteiger partial charge in [0.2, 0.25) is 0 Å². The molecule has 0 saturated carbocycles. The number of benzene rings is 3. The van der Waals surface area contributed by atoms with Crippen molar-refractivity contribution in [3.63, 3.8) is 0 Å². The van der Waals surface area contributed by atoms with Gasteiger partial charge in [-0.3, -0.25) is 15.0 Å². The summed E-state index contributed by atoms with van der Waals surface area (Å²) in [4.78, 5) is 12.7. The molecule has 0 fully saturated rings. The Morgan fingerprint density at radius 1 is 0.423 bits per heavy atom. The maximum absolute atomic E-state index is 10.0. The summed E-state index contributed by atoms with van der Waals surface area (Å²) in [5.41, 5.74) is 8.30. The predicted octanol–water partition coefficient (Wildman–Crippen LogP) is 11.9. The first-order valence-corrected chi connectivity index (χ1v) is 17.9. The van der Waals surface area contributed by atoms with Gasteiger partial charge < -0.3 is 15.3 Å². The van der Waals surface area contributed by atoms with Gasteiger partial charge in [0.05, 0.1) is 17.1 Å². The molecule has 273 valence electrons. The fourth-order valence-corrected chi connectivity index (χ4v) is 5.49. The van der Waals surface area contributed by atoms with E-state index in [2.05, 4.69) is 74.7 Å². The molecular formula is C45H51N3O3Rh. The second kappa shape index (κ2) is 20.9. The van der Waals surface area contributed by atoms with E-state index >= 15 is 0 Å². The third-order valence-corrected chi connectivity index (χ3v) is 9.43. The van der Waals surface area contributed by atoms with Crippen molar-refractivity contribution < 1.29 is 34.8 Å². The van der Waals surface area contributed by atoms with Crippen LogP contribution in [0.3, 0.4) is 0 Å². The summed E-state index contributed by atoms with van der Waals surface area (Å²) in [6.45, 7) is 12.9. The van der Waals surface area contributed by atoms with E-state index in [9.17, 15) is 15.3 Å². The number of phenols is 3. The number of pyridine rings is 3. The van der Waals surface area contributed by atoms with Crippen molar-refractivity contribution in [3.05, 3.63) is 144 Å². The third kappa shape index (κ3) is 11.3. The van der Waals surface area contributed by atoms with E-state index in [0.29, 0.717) is 35.0 Å². The molecule has 3 aromatic carbocycles. The number of phenolic OH excluding ortho intramolecular Hbond substituents is 3. The van der Waals surface area contributed by atoms with Crippen molar-refractivity contribution in [1.82, 2.24) is 15.0 Å². The first-order chi connectivity index (χ1) is 24.7. The van der Waals surface area contributed by atoms with Gasteiger partial charge >= 0.3 is 0 Å². The molecule has 0 bridgehead atoms. The Balaban J connectivity index is 0.000000208. The number of aromatic hydroxyl groups is 3. The number of rotatable bonds is 9. The van der Waals surface area contributed by atoms with Gasteiger partial charge in [-0.05, 0) is 127 Å². The Bertz CT molecular complexity index is 1710. The maximum atomic E-state index is 10.0. The predicted molar refractivity (Wildman–Crippen MR) is 210 cm³/mol. The summed E-state index contributed by atoms with van der Waals surface area (Å²) in [5, 5.41) is 30.1. The zero-order valence-electron chi connectivity index (χ0n) is 31.0. The van der Waals surface area contributed by atoms with Crippen LogP contribution in [0.5, 0.6) is 17.2 Å². The average Bonchev–Trinajstić information content (AvgIpc) is 3.18. The summed E-state index contributed by atoms with van der Waals surface area (Å²) in [6, 6.07) is 34.6. The van der Waals surface area contributed by atoms with Crippen LogP contribution in [0.2, 0.25) is 0 Å². The minimum Gasteiger partial charge on any atom is -0.507 e. The fraction of sp³-hybridized carbons (Fsp3) is 0.267. The summed E-state index contributed by atoms with van der Waals surface area (Å²) >= 11 is 0. The van der Waals surface area contributed by atoms with Crippen molar-refractivity contribution in [3.8, 4) is 51.0 Å². The molecule has 1 radical (unpaired) electrons. The van der Waals surface area contributed by atoms with E-state index in [1.54, 1.807) is 18.6 Å². The molecule has 3 unspecified atom stereocenters. The average molecular weight is 785 g/mol. The molecule has 0 amide bonds. The standard InChI is InChI=1S/3C15H17NO.Rh/c3*1-3-11(2)12-7-8-13(15(17)10-12)14-6-4-5-9-16-14;/h3*4-11,17H,3H2,1-2H3;. The van der Waals surface area contributed by atoms with Crippen LogP contribution in [-0.4, -0.2) is 30.3 Å². The topological polar surface area (TPSA) is 99.4 Å². The smallest absolute Gasteiger partial charge is 0.125 e. The van der Waals surface area contributed by atoms with Crippen molar-refractivity contribution in [2.24, 2.45) is 0 Å². The molecule has 6 aromatic rings. The number of aromatic nitrogens is 3. The first-order valence-electron chi connectivity index (χ1n) is 17.9. The van der Waals surface area contributed by atoms with Crippen LogP contribution in [0.1, 0.15) is 95.2 Å². The van der Waals surface area contributed by atoms with Crippen LogP contribution < -0.4 is 0 Å². The summed E-state index contributed by atoms with van der Waals surface area (Å²) in [6.07, 6.45) is 8.42. The molecule has 6 nitrogen and oxygen atoms in total. The number of nitrogens with zero attached hydrogens (tertiary/aromatic N) is 3. The fourth-order valence-electron chi connectivity index (χ4n) is 5.49. The Kier molecular flexibility index (Phi) is 16.7. The molecular weight excluding hydrogens is 733 g/mol. The zero-order chi connectivity index (χ0) is 36.8. The van der Waals surface area contributed by atoms with Crippen molar-refractivity contribution in [1.29, 1.82) is 0 Å². The van der Waals surface area contributed by atoms with E-state index in [-0.39, 0.29) is 19.5 Å². The third-order valence-electron chi connectivity index (χ3n) is 9.43. The van der Waals surface area contributed by atoms with Gasteiger partial charge in [-0.25, -0.2) is 0 Å². The van der Waals surface area contributed by atoms with Crippen LogP contribution in [0.15, 0.2) is 128 Å². The number of hydrogen-bond acceptors (Lipinski definition) is 6. The maximum Gasteiger partial charge on any atom is 0.125 e. The van der Waals surface area contributed by atoms with Crippen LogP contribution in [0, 0.1) is 0 Å². The Labute approximate surface area is 322 Å². The second-order valence-electron chi connectivity index (χ2n) is 12.9. The molecule has 0 aliphatic heterocycles. The number of hydrogen-bond donors (Lipinski definition) is 3. The summed E-state index contributed by atoms with van der Waals surface area (Å²) in [7, 11) is 0. The molecule has 3 N–H and O–H groups in total. The Hall–Kier alpha value is -4.87. The van der Waals surface area contributed by atoms with E-state index in [1.807, 2.05) is 91.0 Å². The molecule has 0 saturated heterocycles. The van der Waals surface area contributed by atoms with Crippen LogP contribution in [0.25, 0.3) is 33.8 Å².